The van der Waals surface area contributed by atoms with Crippen molar-refractivity contribution in [3.63, 3.8) is 0 Å². The normalized spacial score (nSPS) is 11.5. The minimum Gasteiger partial charge on any atom is -0.385 e. The highest BCUT2D eigenvalue weighted by Gasteiger charge is 2.26. The van der Waals surface area contributed by atoms with Gasteiger partial charge in [0, 0.05) is 18.7 Å². The Bertz CT molecular complexity index is 514. The quantitative estimate of drug-likeness (QED) is 0.811. The van der Waals surface area contributed by atoms with E-state index in [1.165, 1.54) is 12.1 Å². The average molecular weight is 278 g/mol. The van der Waals surface area contributed by atoms with Gasteiger partial charge in [-0.15, -0.1) is 0 Å². The van der Waals surface area contributed by atoms with Crippen molar-refractivity contribution in [3.05, 3.63) is 24.3 Å². The van der Waals surface area contributed by atoms with Crippen molar-refractivity contribution >= 4 is 21.4 Å². The molecular formula is C10H12F2N2O3S. The van der Waals surface area contributed by atoms with Crippen molar-refractivity contribution in [1.82, 2.24) is 0 Å². The van der Waals surface area contributed by atoms with E-state index in [-0.39, 0.29) is 13.0 Å². The highest BCUT2D eigenvalue weighted by Crippen LogP contribution is 2.20. The fourth-order valence-electron chi connectivity index (χ4n) is 1.20. The molecule has 0 aromatic heterocycles. The second-order valence-electron chi connectivity index (χ2n) is 3.47. The van der Waals surface area contributed by atoms with E-state index in [1.807, 2.05) is 0 Å². The minimum atomic E-state index is -4.56. The highest BCUT2D eigenvalue weighted by atomic mass is 32.2. The van der Waals surface area contributed by atoms with Crippen LogP contribution in [0.1, 0.15) is 6.42 Å². The first kappa shape index (κ1) is 14.4. The van der Waals surface area contributed by atoms with Gasteiger partial charge in [-0.3, -0.25) is 4.79 Å². The molecular weight excluding hydrogens is 266 g/mol. The summed E-state index contributed by atoms with van der Waals surface area (Å²) in [7, 11) is -4.56. The van der Waals surface area contributed by atoms with E-state index < -0.39 is 26.4 Å². The average Bonchev–Trinajstić information content (AvgIpc) is 2.29. The van der Waals surface area contributed by atoms with Crippen LogP contribution >= 0.6 is 0 Å². The summed E-state index contributed by atoms with van der Waals surface area (Å²) in [6.45, 7) is 0.288. The Hall–Kier alpha value is -1.70. The number of rotatable bonds is 6. The van der Waals surface area contributed by atoms with Gasteiger partial charge in [-0.1, -0.05) is 0 Å². The van der Waals surface area contributed by atoms with Crippen molar-refractivity contribution in [2.45, 2.75) is 17.1 Å². The Labute approximate surface area is 103 Å². The third-order valence-corrected chi connectivity index (χ3v) is 3.52. The third kappa shape index (κ3) is 3.66. The molecule has 1 aromatic rings. The van der Waals surface area contributed by atoms with Gasteiger partial charge in [0.05, 0.1) is 4.90 Å². The highest BCUT2D eigenvalue weighted by molar-refractivity contribution is 7.91. The molecule has 18 heavy (non-hydrogen) atoms. The maximum Gasteiger partial charge on any atom is 0.341 e. The molecule has 0 atom stereocenters. The Kier molecular flexibility index (Phi) is 4.60. The number of halogens is 2. The van der Waals surface area contributed by atoms with E-state index in [2.05, 4.69) is 5.32 Å². The van der Waals surface area contributed by atoms with Crippen LogP contribution in [0.2, 0.25) is 0 Å². The lowest BCUT2D eigenvalue weighted by Crippen LogP contribution is -2.16. The molecule has 1 rings (SSSR count). The predicted octanol–water partition coefficient (Wildman–Crippen LogP) is 0.970. The maximum atomic E-state index is 12.2. The summed E-state index contributed by atoms with van der Waals surface area (Å²) in [5, 5.41) is 2.80. The zero-order valence-corrected chi connectivity index (χ0v) is 10.1. The lowest BCUT2D eigenvalue weighted by Gasteiger charge is -2.06. The Morgan fingerprint density at radius 2 is 1.83 bits per heavy atom. The number of sulfone groups is 1. The van der Waals surface area contributed by atoms with Crippen LogP contribution in [0.4, 0.5) is 14.5 Å². The number of benzene rings is 1. The van der Waals surface area contributed by atoms with Crippen LogP contribution < -0.4 is 11.1 Å². The van der Waals surface area contributed by atoms with Crippen LogP contribution in [-0.2, 0) is 14.6 Å². The van der Waals surface area contributed by atoms with Crippen molar-refractivity contribution in [2.75, 3.05) is 11.9 Å². The van der Waals surface area contributed by atoms with Crippen LogP contribution in [0.5, 0.6) is 0 Å². The van der Waals surface area contributed by atoms with Crippen LogP contribution in [0.3, 0.4) is 0 Å². The number of carbonyl (C=O) groups excluding carboxylic acids is 1. The summed E-state index contributed by atoms with van der Waals surface area (Å²) < 4.78 is 46.7. The molecule has 0 aliphatic rings. The number of anilines is 1. The van der Waals surface area contributed by atoms with Crippen molar-refractivity contribution in [2.24, 2.45) is 5.73 Å². The van der Waals surface area contributed by atoms with Gasteiger partial charge < -0.3 is 11.1 Å². The van der Waals surface area contributed by atoms with Crippen molar-refractivity contribution in [3.8, 4) is 0 Å². The van der Waals surface area contributed by atoms with E-state index in [4.69, 9.17) is 5.73 Å². The molecule has 3 N–H and O–H groups in total. The topological polar surface area (TPSA) is 89.3 Å². The molecule has 5 nitrogen and oxygen atoms in total. The molecule has 0 bridgehead atoms. The molecule has 0 fully saturated rings. The lowest BCUT2D eigenvalue weighted by atomic mass is 10.3. The molecule has 0 heterocycles. The summed E-state index contributed by atoms with van der Waals surface area (Å²) >= 11 is 0. The summed E-state index contributed by atoms with van der Waals surface area (Å²) in [5.41, 5.74) is 5.45. The number of carbonyl (C=O) groups is 1. The van der Waals surface area contributed by atoms with E-state index in [1.54, 1.807) is 0 Å². The first-order chi connectivity index (χ1) is 8.34. The Morgan fingerprint density at radius 3 is 2.28 bits per heavy atom. The number of nitrogens with one attached hydrogen (secondary N) is 1. The van der Waals surface area contributed by atoms with Crippen LogP contribution in [-0.4, -0.2) is 26.6 Å². The SMILES string of the molecule is NC(=O)CCNc1ccc(S(=O)(=O)C(F)F)cc1. The van der Waals surface area contributed by atoms with Gasteiger partial charge in [-0.2, -0.15) is 8.78 Å². The number of amides is 1. The van der Waals surface area contributed by atoms with E-state index in [9.17, 15) is 22.0 Å². The molecule has 1 aromatic carbocycles. The number of alkyl halides is 2. The number of nitrogens with two attached hydrogens (primary N) is 1. The maximum absolute atomic E-state index is 12.2. The van der Waals surface area contributed by atoms with Crippen LogP contribution in [0.25, 0.3) is 0 Å². The number of hydrogen-bond donors (Lipinski definition) is 2. The molecule has 0 saturated heterocycles. The van der Waals surface area contributed by atoms with Gasteiger partial charge in [-0.25, -0.2) is 8.42 Å². The van der Waals surface area contributed by atoms with E-state index in [0.29, 0.717) is 5.69 Å². The van der Waals surface area contributed by atoms with Gasteiger partial charge >= 0.3 is 5.76 Å². The van der Waals surface area contributed by atoms with Gasteiger partial charge in [-0.05, 0) is 24.3 Å². The second-order valence-corrected chi connectivity index (χ2v) is 5.39. The summed E-state index contributed by atoms with van der Waals surface area (Å²) in [5.74, 6) is -3.91. The largest absolute Gasteiger partial charge is 0.385 e. The number of primary amides is 1. The summed E-state index contributed by atoms with van der Waals surface area (Å²) in [6, 6.07) is 4.84. The zero-order valence-electron chi connectivity index (χ0n) is 9.27. The zero-order chi connectivity index (χ0) is 13.8. The standard InChI is InChI=1S/C10H12F2N2O3S/c11-10(12)18(16,17)8-3-1-7(2-4-8)14-6-5-9(13)15/h1-4,10,14H,5-6H2,(H2,13,15). The molecule has 1 amide bonds. The molecule has 8 heteroatoms. The monoisotopic (exact) mass is 278 g/mol. The van der Waals surface area contributed by atoms with E-state index in [0.717, 1.165) is 12.1 Å². The molecule has 0 unspecified atom stereocenters. The molecule has 0 saturated carbocycles. The molecule has 0 spiro atoms. The van der Waals surface area contributed by atoms with Gasteiger partial charge in [0.25, 0.3) is 0 Å². The lowest BCUT2D eigenvalue weighted by molar-refractivity contribution is -0.117. The van der Waals surface area contributed by atoms with Crippen LogP contribution in [0, 0.1) is 0 Å². The Balaban J connectivity index is 2.72. The fourth-order valence-corrected chi connectivity index (χ4v) is 1.92. The van der Waals surface area contributed by atoms with Gasteiger partial charge in [0.2, 0.25) is 15.7 Å². The molecule has 100 valence electrons. The van der Waals surface area contributed by atoms with Gasteiger partial charge in [0.1, 0.15) is 0 Å². The fraction of sp³-hybridized carbons (Fsp3) is 0.300. The van der Waals surface area contributed by atoms with Crippen LogP contribution in [0.15, 0.2) is 29.2 Å². The predicted molar refractivity (Wildman–Crippen MR) is 61.9 cm³/mol. The summed E-state index contributed by atoms with van der Waals surface area (Å²) in [6.07, 6.45) is 0.122. The number of hydrogen-bond acceptors (Lipinski definition) is 4. The first-order valence-electron chi connectivity index (χ1n) is 4.98. The smallest absolute Gasteiger partial charge is 0.341 e. The van der Waals surface area contributed by atoms with Crippen molar-refractivity contribution < 1.29 is 22.0 Å². The first-order valence-corrected chi connectivity index (χ1v) is 6.53. The molecule has 0 aliphatic heterocycles. The summed E-state index contributed by atoms with van der Waals surface area (Å²) in [4.78, 5) is 10.0. The van der Waals surface area contributed by atoms with Crippen molar-refractivity contribution in [1.29, 1.82) is 0 Å². The molecule has 0 radical (unpaired) electrons. The Morgan fingerprint density at radius 1 is 1.28 bits per heavy atom. The molecule has 0 aliphatic carbocycles. The second kappa shape index (κ2) is 5.76. The van der Waals surface area contributed by atoms with E-state index >= 15 is 0 Å². The minimum absolute atomic E-state index is 0.122. The third-order valence-electron chi connectivity index (χ3n) is 2.12. The van der Waals surface area contributed by atoms with Gasteiger partial charge in [0.15, 0.2) is 0 Å².